The van der Waals surface area contributed by atoms with Crippen LogP contribution in [-0.4, -0.2) is 15.0 Å². The Hall–Kier alpha value is -2.15. The third-order valence-corrected chi connectivity index (χ3v) is 3.34. The molecule has 2 aromatic rings. The molecule has 0 aliphatic carbocycles. The van der Waals surface area contributed by atoms with Gasteiger partial charge in [0.25, 0.3) is 0 Å². The van der Waals surface area contributed by atoms with Crippen molar-refractivity contribution in [1.82, 2.24) is 15.0 Å². The second kappa shape index (κ2) is 7.44. The largest absolute Gasteiger partial charge is 0.220 e. The van der Waals surface area contributed by atoms with E-state index in [1.807, 2.05) is 18.3 Å². The van der Waals surface area contributed by atoms with Crippen LogP contribution in [-0.2, 0) is 6.42 Å². The van der Waals surface area contributed by atoms with Crippen LogP contribution in [0.5, 0.6) is 0 Å². The summed E-state index contributed by atoms with van der Waals surface area (Å²) >= 11 is 0. The highest BCUT2D eigenvalue weighted by Gasteiger charge is 2.03. The number of nitriles is 1. The van der Waals surface area contributed by atoms with Crippen LogP contribution in [0.3, 0.4) is 0 Å². The minimum absolute atomic E-state index is 0.657. The van der Waals surface area contributed by atoms with Gasteiger partial charge in [-0.1, -0.05) is 37.8 Å². The van der Waals surface area contributed by atoms with Crippen molar-refractivity contribution in [2.45, 2.75) is 45.4 Å². The van der Waals surface area contributed by atoms with Gasteiger partial charge in [0.15, 0.2) is 0 Å². The number of hydrogen-bond acceptors (Lipinski definition) is 3. The molecule has 0 fully saturated rings. The lowest BCUT2D eigenvalue weighted by Gasteiger charge is -1.99. The highest BCUT2D eigenvalue weighted by atomic mass is 15.4. The zero-order valence-electron chi connectivity index (χ0n) is 11.9. The number of nitrogens with zero attached hydrogens (tertiary/aromatic N) is 4. The average molecular weight is 268 g/mol. The van der Waals surface area contributed by atoms with Crippen LogP contribution in [0.4, 0.5) is 0 Å². The molecule has 0 bridgehead atoms. The van der Waals surface area contributed by atoms with Gasteiger partial charge >= 0.3 is 0 Å². The average Bonchev–Trinajstić information content (AvgIpc) is 2.96. The monoisotopic (exact) mass is 268 g/mol. The summed E-state index contributed by atoms with van der Waals surface area (Å²) in [6, 6.07) is 9.47. The van der Waals surface area contributed by atoms with Gasteiger partial charge in [0.05, 0.1) is 29.2 Å². The summed E-state index contributed by atoms with van der Waals surface area (Å²) in [5.41, 5.74) is 2.63. The van der Waals surface area contributed by atoms with Gasteiger partial charge in [-0.25, -0.2) is 4.68 Å². The topological polar surface area (TPSA) is 54.5 Å². The Morgan fingerprint density at radius 2 is 1.85 bits per heavy atom. The van der Waals surface area contributed by atoms with Crippen LogP contribution in [0, 0.1) is 11.3 Å². The van der Waals surface area contributed by atoms with Gasteiger partial charge in [-0.2, -0.15) is 5.26 Å². The molecule has 0 atom stereocenters. The molecule has 0 radical (unpaired) electrons. The lowest BCUT2D eigenvalue weighted by atomic mass is 10.1. The molecule has 0 unspecified atom stereocenters. The molecule has 20 heavy (non-hydrogen) atoms. The number of rotatable bonds is 7. The summed E-state index contributed by atoms with van der Waals surface area (Å²) in [6.07, 6.45) is 9.29. The SMILES string of the molecule is CCCCCCCc1cn(-c2ccc(C#N)cc2)nn1. The highest BCUT2D eigenvalue weighted by molar-refractivity contribution is 5.38. The van der Waals surface area contributed by atoms with Gasteiger partial charge < -0.3 is 0 Å². The molecule has 0 aliphatic rings. The van der Waals surface area contributed by atoms with Gasteiger partial charge in [-0.15, -0.1) is 5.10 Å². The Morgan fingerprint density at radius 1 is 1.10 bits per heavy atom. The smallest absolute Gasteiger partial charge is 0.0991 e. The van der Waals surface area contributed by atoms with Gasteiger partial charge in [0, 0.05) is 0 Å². The van der Waals surface area contributed by atoms with Gasteiger partial charge in [-0.3, -0.25) is 0 Å². The number of aromatic nitrogens is 3. The zero-order valence-corrected chi connectivity index (χ0v) is 11.9. The first-order valence-electron chi connectivity index (χ1n) is 7.25. The van der Waals surface area contributed by atoms with Crippen molar-refractivity contribution in [2.24, 2.45) is 0 Å². The van der Waals surface area contributed by atoms with Crippen molar-refractivity contribution in [1.29, 1.82) is 5.26 Å². The molecule has 4 nitrogen and oxygen atoms in total. The first-order chi connectivity index (χ1) is 9.83. The summed E-state index contributed by atoms with van der Waals surface area (Å²) < 4.78 is 1.77. The van der Waals surface area contributed by atoms with E-state index in [9.17, 15) is 0 Å². The van der Waals surface area contributed by atoms with Crippen molar-refractivity contribution < 1.29 is 0 Å². The summed E-state index contributed by atoms with van der Waals surface area (Å²) in [7, 11) is 0. The summed E-state index contributed by atoms with van der Waals surface area (Å²) in [5.74, 6) is 0. The van der Waals surface area contributed by atoms with Crippen LogP contribution in [0.1, 0.15) is 50.3 Å². The Bertz CT molecular complexity index is 563. The molecule has 0 spiro atoms. The van der Waals surface area contributed by atoms with Crippen LogP contribution in [0.15, 0.2) is 30.5 Å². The maximum atomic E-state index is 8.78. The molecule has 0 aliphatic heterocycles. The maximum absolute atomic E-state index is 8.78. The fourth-order valence-corrected chi connectivity index (χ4v) is 2.14. The Kier molecular flexibility index (Phi) is 5.31. The third kappa shape index (κ3) is 3.92. The first-order valence-corrected chi connectivity index (χ1v) is 7.25. The predicted molar refractivity (Wildman–Crippen MR) is 78.5 cm³/mol. The Balaban J connectivity index is 1.89. The lowest BCUT2D eigenvalue weighted by molar-refractivity contribution is 0.627. The fraction of sp³-hybridized carbons (Fsp3) is 0.438. The van der Waals surface area contributed by atoms with Gasteiger partial charge in [0.2, 0.25) is 0 Å². The van der Waals surface area contributed by atoms with E-state index in [0.717, 1.165) is 17.8 Å². The lowest BCUT2D eigenvalue weighted by Crippen LogP contribution is -1.94. The van der Waals surface area contributed by atoms with E-state index in [-0.39, 0.29) is 0 Å². The number of aryl methyl sites for hydroxylation is 1. The van der Waals surface area contributed by atoms with Crippen LogP contribution < -0.4 is 0 Å². The van der Waals surface area contributed by atoms with Crippen LogP contribution in [0.25, 0.3) is 5.69 Å². The van der Waals surface area contributed by atoms with Gasteiger partial charge in [0.1, 0.15) is 0 Å². The first kappa shape index (κ1) is 14.3. The van der Waals surface area contributed by atoms with Crippen molar-refractivity contribution in [3.63, 3.8) is 0 Å². The standard InChI is InChI=1S/C16H20N4/c1-2-3-4-5-6-7-15-13-20(19-18-15)16-10-8-14(12-17)9-11-16/h8-11,13H,2-7H2,1H3. The molecule has 0 saturated carbocycles. The summed E-state index contributed by atoms with van der Waals surface area (Å²) in [5, 5.41) is 17.1. The van der Waals surface area contributed by atoms with E-state index >= 15 is 0 Å². The van der Waals surface area contributed by atoms with E-state index in [2.05, 4.69) is 23.3 Å². The molecular weight excluding hydrogens is 248 g/mol. The molecule has 2 rings (SSSR count). The summed E-state index contributed by atoms with van der Waals surface area (Å²) in [6.45, 7) is 2.23. The van der Waals surface area contributed by atoms with E-state index in [1.165, 1.54) is 32.1 Å². The summed E-state index contributed by atoms with van der Waals surface area (Å²) in [4.78, 5) is 0. The van der Waals surface area contributed by atoms with E-state index in [4.69, 9.17) is 5.26 Å². The molecular formula is C16H20N4. The molecule has 1 aromatic heterocycles. The number of benzene rings is 1. The molecule has 0 amide bonds. The molecule has 0 saturated heterocycles. The minimum atomic E-state index is 0.657. The fourth-order valence-electron chi connectivity index (χ4n) is 2.14. The molecule has 0 N–H and O–H groups in total. The van der Waals surface area contributed by atoms with Gasteiger partial charge in [-0.05, 0) is 37.1 Å². The van der Waals surface area contributed by atoms with Crippen molar-refractivity contribution in [3.05, 3.63) is 41.7 Å². The van der Waals surface area contributed by atoms with Crippen LogP contribution in [0.2, 0.25) is 0 Å². The van der Waals surface area contributed by atoms with Crippen molar-refractivity contribution >= 4 is 0 Å². The Labute approximate surface area is 120 Å². The van der Waals surface area contributed by atoms with E-state index in [1.54, 1.807) is 16.8 Å². The quantitative estimate of drug-likeness (QED) is 0.720. The predicted octanol–water partition coefficient (Wildman–Crippen LogP) is 3.65. The molecule has 104 valence electrons. The second-order valence-corrected chi connectivity index (χ2v) is 4.98. The molecule has 1 aromatic carbocycles. The minimum Gasteiger partial charge on any atom is -0.220 e. The van der Waals surface area contributed by atoms with E-state index in [0.29, 0.717) is 5.56 Å². The zero-order chi connectivity index (χ0) is 14.2. The molecule has 1 heterocycles. The number of unbranched alkanes of at least 4 members (excludes halogenated alkanes) is 4. The number of hydrogen-bond donors (Lipinski definition) is 0. The Morgan fingerprint density at radius 3 is 2.55 bits per heavy atom. The maximum Gasteiger partial charge on any atom is 0.0991 e. The highest BCUT2D eigenvalue weighted by Crippen LogP contribution is 2.11. The van der Waals surface area contributed by atoms with Crippen LogP contribution >= 0.6 is 0 Å². The van der Waals surface area contributed by atoms with Crippen molar-refractivity contribution in [3.8, 4) is 11.8 Å². The van der Waals surface area contributed by atoms with E-state index < -0.39 is 0 Å². The normalized spacial score (nSPS) is 10.4. The second-order valence-electron chi connectivity index (χ2n) is 4.98. The molecule has 4 heteroatoms. The third-order valence-electron chi connectivity index (χ3n) is 3.34. The van der Waals surface area contributed by atoms with Crippen molar-refractivity contribution in [2.75, 3.05) is 0 Å².